The average Bonchev–Trinajstić information content (AvgIpc) is 2.57. The Morgan fingerprint density at radius 1 is 1.15 bits per heavy atom. The maximum Gasteiger partial charge on any atom is 0.408 e. The van der Waals surface area contributed by atoms with Crippen LogP contribution in [0.5, 0.6) is 5.75 Å². The molecule has 6 nitrogen and oxygen atoms in total. The number of ether oxygens (including phenoxy) is 3. The second-order valence-electron chi connectivity index (χ2n) is 7.03. The summed E-state index contributed by atoms with van der Waals surface area (Å²) in [5.74, 6) is 0.582. The third kappa shape index (κ3) is 5.61. The number of carbonyl (C=O) groups is 1. The highest BCUT2D eigenvalue weighted by molar-refractivity contribution is 5.87. The van der Waals surface area contributed by atoms with Crippen LogP contribution in [0.1, 0.15) is 26.3 Å². The Kier molecular flexibility index (Phi) is 6.83. The van der Waals surface area contributed by atoms with Crippen LogP contribution in [-0.2, 0) is 16.1 Å². The van der Waals surface area contributed by atoms with Gasteiger partial charge in [0.1, 0.15) is 18.0 Å². The van der Waals surface area contributed by atoms with Gasteiger partial charge in [-0.25, -0.2) is 4.79 Å². The van der Waals surface area contributed by atoms with Crippen molar-refractivity contribution in [1.29, 1.82) is 0 Å². The lowest BCUT2D eigenvalue weighted by Gasteiger charge is -2.24. The number of carbonyl (C=O) groups excluding carboxylic acids is 1. The highest BCUT2D eigenvalue weighted by Crippen LogP contribution is 2.28. The van der Waals surface area contributed by atoms with Crippen molar-refractivity contribution >= 4 is 16.9 Å². The van der Waals surface area contributed by atoms with Gasteiger partial charge < -0.3 is 24.6 Å². The Bertz CT molecular complexity index is 739. The van der Waals surface area contributed by atoms with E-state index in [0.717, 1.165) is 16.3 Å². The van der Waals surface area contributed by atoms with Crippen molar-refractivity contribution in [2.24, 2.45) is 0 Å². The second kappa shape index (κ2) is 8.87. The lowest BCUT2D eigenvalue weighted by molar-refractivity contribution is 0.0437. The minimum Gasteiger partial charge on any atom is -0.491 e. The van der Waals surface area contributed by atoms with Crippen LogP contribution in [0.4, 0.5) is 4.79 Å². The van der Waals surface area contributed by atoms with Gasteiger partial charge in [-0.3, -0.25) is 0 Å². The minimum absolute atomic E-state index is 0.134. The SMILES string of the molecule is COCC(COc1ccc2ccccc2c1CO)NC(=O)OC(C)(C)C. The number of methoxy groups -OCH3 is 1. The first kappa shape index (κ1) is 20.0. The molecule has 6 heteroatoms. The number of aliphatic hydroxyl groups excluding tert-OH is 1. The molecule has 1 atom stereocenters. The number of fused-ring (bicyclic) bond motifs is 1. The van der Waals surface area contributed by atoms with Crippen LogP contribution >= 0.6 is 0 Å². The van der Waals surface area contributed by atoms with Gasteiger partial charge in [-0.1, -0.05) is 30.3 Å². The summed E-state index contributed by atoms with van der Waals surface area (Å²) in [6.45, 7) is 5.75. The first-order chi connectivity index (χ1) is 12.3. The van der Waals surface area contributed by atoms with Crippen LogP contribution in [0.3, 0.4) is 0 Å². The Labute approximate surface area is 154 Å². The van der Waals surface area contributed by atoms with Crippen molar-refractivity contribution in [2.45, 2.75) is 39.0 Å². The third-order valence-corrected chi connectivity index (χ3v) is 3.68. The number of rotatable bonds is 7. The largest absolute Gasteiger partial charge is 0.491 e. The van der Waals surface area contributed by atoms with Gasteiger partial charge in [0, 0.05) is 12.7 Å². The van der Waals surface area contributed by atoms with Gasteiger partial charge in [-0.2, -0.15) is 0 Å². The zero-order chi connectivity index (χ0) is 19.2. The Hall–Kier alpha value is -2.31. The molecule has 0 aliphatic carbocycles. The number of alkyl carbamates (subject to hydrolysis) is 1. The summed E-state index contributed by atoms with van der Waals surface area (Å²) in [7, 11) is 1.55. The molecule has 0 aromatic heterocycles. The molecule has 142 valence electrons. The third-order valence-electron chi connectivity index (χ3n) is 3.68. The van der Waals surface area contributed by atoms with Crippen molar-refractivity contribution in [3.05, 3.63) is 42.0 Å². The molecule has 0 aliphatic rings. The number of hydrogen-bond acceptors (Lipinski definition) is 5. The molecule has 0 saturated heterocycles. The Morgan fingerprint density at radius 3 is 2.54 bits per heavy atom. The predicted molar refractivity (Wildman–Crippen MR) is 100 cm³/mol. The molecule has 2 N–H and O–H groups in total. The van der Waals surface area contributed by atoms with Gasteiger partial charge in [0.15, 0.2) is 0 Å². The molecule has 0 fully saturated rings. The van der Waals surface area contributed by atoms with Gasteiger partial charge in [0.2, 0.25) is 0 Å². The maximum atomic E-state index is 12.0. The van der Waals surface area contributed by atoms with Crippen molar-refractivity contribution in [1.82, 2.24) is 5.32 Å². The van der Waals surface area contributed by atoms with E-state index in [2.05, 4.69) is 5.32 Å². The first-order valence-electron chi connectivity index (χ1n) is 8.57. The summed E-state index contributed by atoms with van der Waals surface area (Å²) in [5.41, 5.74) is 0.141. The Balaban J connectivity index is 2.09. The van der Waals surface area contributed by atoms with Crippen molar-refractivity contribution in [2.75, 3.05) is 20.3 Å². The molecule has 1 amide bonds. The second-order valence-corrected chi connectivity index (χ2v) is 7.03. The fourth-order valence-electron chi connectivity index (χ4n) is 2.61. The quantitative estimate of drug-likeness (QED) is 0.792. The predicted octanol–water partition coefficient (Wildman–Crippen LogP) is 3.25. The van der Waals surface area contributed by atoms with Crippen LogP contribution < -0.4 is 10.1 Å². The van der Waals surface area contributed by atoms with E-state index in [-0.39, 0.29) is 25.9 Å². The molecule has 0 bridgehead atoms. The van der Waals surface area contributed by atoms with Crippen molar-refractivity contribution < 1.29 is 24.1 Å². The number of benzene rings is 2. The van der Waals surface area contributed by atoms with E-state index in [0.29, 0.717) is 5.75 Å². The van der Waals surface area contributed by atoms with Crippen LogP contribution in [0.25, 0.3) is 10.8 Å². The van der Waals surface area contributed by atoms with Gasteiger partial charge in [-0.15, -0.1) is 0 Å². The number of hydrogen-bond donors (Lipinski definition) is 2. The Morgan fingerprint density at radius 2 is 1.88 bits per heavy atom. The smallest absolute Gasteiger partial charge is 0.408 e. The number of nitrogens with one attached hydrogen (secondary N) is 1. The number of amides is 1. The zero-order valence-electron chi connectivity index (χ0n) is 15.7. The lowest BCUT2D eigenvalue weighted by atomic mass is 10.0. The molecule has 0 radical (unpaired) electrons. The molecule has 2 aromatic rings. The lowest BCUT2D eigenvalue weighted by Crippen LogP contribution is -2.44. The van der Waals surface area contributed by atoms with Gasteiger partial charge in [0.25, 0.3) is 0 Å². The molecule has 26 heavy (non-hydrogen) atoms. The van der Waals surface area contributed by atoms with Crippen LogP contribution in [0.2, 0.25) is 0 Å². The molecule has 0 spiro atoms. The standard InChI is InChI=1S/C20H27NO5/c1-20(2,3)26-19(23)21-15(12-24-4)13-25-18-10-9-14-7-5-6-8-16(14)17(18)11-22/h5-10,15,22H,11-13H2,1-4H3,(H,21,23). The minimum atomic E-state index is -0.578. The van der Waals surface area contributed by atoms with Gasteiger partial charge in [-0.05, 0) is 37.6 Å². The van der Waals surface area contributed by atoms with Crippen molar-refractivity contribution in [3.8, 4) is 5.75 Å². The molecule has 2 aromatic carbocycles. The summed E-state index contributed by atoms with van der Waals surface area (Å²) in [5, 5.41) is 14.5. The molecule has 0 saturated carbocycles. The molecule has 1 unspecified atom stereocenters. The van der Waals surface area contributed by atoms with E-state index in [9.17, 15) is 9.90 Å². The first-order valence-corrected chi connectivity index (χ1v) is 8.57. The summed E-state index contributed by atoms with van der Waals surface area (Å²) in [6.07, 6.45) is -0.524. The van der Waals surface area contributed by atoms with E-state index in [4.69, 9.17) is 14.2 Å². The summed E-state index contributed by atoms with van der Waals surface area (Å²) < 4.78 is 16.3. The summed E-state index contributed by atoms with van der Waals surface area (Å²) >= 11 is 0. The van der Waals surface area contributed by atoms with E-state index >= 15 is 0 Å². The normalized spacial score (nSPS) is 12.7. The average molecular weight is 361 g/mol. The van der Waals surface area contributed by atoms with Gasteiger partial charge >= 0.3 is 6.09 Å². The summed E-state index contributed by atoms with van der Waals surface area (Å²) in [6, 6.07) is 11.2. The highest BCUT2D eigenvalue weighted by Gasteiger charge is 2.20. The topological polar surface area (TPSA) is 77.0 Å². The number of aliphatic hydroxyl groups is 1. The fourth-order valence-corrected chi connectivity index (χ4v) is 2.61. The summed E-state index contributed by atoms with van der Waals surface area (Å²) in [4.78, 5) is 12.0. The molecule has 0 heterocycles. The van der Waals surface area contributed by atoms with E-state index in [1.165, 1.54) is 0 Å². The molecule has 2 rings (SSSR count). The van der Waals surface area contributed by atoms with Crippen LogP contribution in [-0.4, -0.2) is 43.2 Å². The molecular formula is C20H27NO5. The van der Waals surface area contributed by atoms with E-state index in [1.807, 2.05) is 36.4 Å². The molecular weight excluding hydrogens is 334 g/mol. The highest BCUT2D eigenvalue weighted by atomic mass is 16.6. The monoisotopic (exact) mass is 361 g/mol. The van der Waals surface area contributed by atoms with Crippen LogP contribution in [0.15, 0.2) is 36.4 Å². The zero-order valence-corrected chi connectivity index (χ0v) is 15.7. The maximum absolute atomic E-state index is 12.0. The fraction of sp³-hybridized carbons (Fsp3) is 0.450. The van der Waals surface area contributed by atoms with E-state index < -0.39 is 11.7 Å². The molecule has 0 aliphatic heterocycles. The van der Waals surface area contributed by atoms with Crippen LogP contribution in [0, 0.1) is 0 Å². The van der Waals surface area contributed by atoms with E-state index in [1.54, 1.807) is 27.9 Å². The van der Waals surface area contributed by atoms with Crippen molar-refractivity contribution in [3.63, 3.8) is 0 Å². The van der Waals surface area contributed by atoms with Gasteiger partial charge in [0.05, 0.1) is 19.3 Å².